The van der Waals surface area contributed by atoms with Gasteiger partial charge in [0, 0.05) is 39.7 Å². The Balaban J connectivity index is 1.61. The summed E-state index contributed by atoms with van der Waals surface area (Å²) in [5.74, 6) is -1.40. The summed E-state index contributed by atoms with van der Waals surface area (Å²) >= 11 is 1.43. The third kappa shape index (κ3) is 4.62. The Kier molecular flexibility index (Phi) is 4.00. The molecule has 1 N–H and O–H groups in total. The number of aromatic nitrogens is 1. The average molecular weight is 446 g/mol. The number of rotatable bonds is 9. The van der Waals surface area contributed by atoms with Gasteiger partial charge in [-0.25, -0.2) is 9.78 Å². The third-order valence-corrected chi connectivity index (χ3v) is 5.62. The quantitative estimate of drug-likeness (QED) is 0.385. The van der Waals surface area contributed by atoms with Crippen molar-refractivity contribution < 1.29 is 34.8 Å². The summed E-state index contributed by atoms with van der Waals surface area (Å²) in [7, 11) is 1.34. The molecule has 0 aliphatic heterocycles. The number of nitrogens with zero attached hydrogens (tertiary/aromatic N) is 1. The van der Waals surface area contributed by atoms with Crippen molar-refractivity contribution in [1.82, 2.24) is 4.98 Å². The number of hydrogen-bond donors (Lipinski definition) is 1. The summed E-state index contributed by atoms with van der Waals surface area (Å²) in [5, 5.41) is 11.9. The van der Waals surface area contributed by atoms with Crippen molar-refractivity contribution in [3.63, 3.8) is 0 Å². The first-order valence-electron chi connectivity index (χ1n) is 13.3. The molecule has 0 bridgehead atoms. The molecular weight excluding hydrogens is 414 g/mol. The molecule has 0 fully saturated rings. The molecule has 160 valence electrons. The standard InChI is InChI=1S/C24H23NO5S/c1-15-19(25-23(30-15)16-6-4-3-5-7-16)10-12-29-20-9-8-17(14-21(28-2)24(26)27)22-18(20)11-13-31-22/h3-9,11,13,21H,10,12,14H2,1-2H3,(H,26,27)/t21-/m0/s1/i1D3,3D,4D,5D,6D,7D. The number of fused-ring (bicyclic) bond motifs is 1. The van der Waals surface area contributed by atoms with E-state index in [1.54, 1.807) is 12.1 Å². The third-order valence-electron chi connectivity index (χ3n) is 4.63. The second-order valence-electron chi connectivity index (χ2n) is 6.55. The van der Waals surface area contributed by atoms with Crippen LogP contribution in [0.3, 0.4) is 0 Å². The fraction of sp³-hybridized carbons (Fsp3) is 0.250. The molecule has 0 radical (unpaired) electrons. The highest BCUT2D eigenvalue weighted by molar-refractivity contribution is 7.17. The van der Waals surface area contributed by atoms with E-state index in [4.69, 9.17) is 24.9 Å². The van der Waals surface area contributed by atoms with Crippen molar-refractivity contribution in [1.29, 1.82) is 0 Å². The van der Waals surface area contributed by atoms with Gasteiger partial charge in [0.25, 0.3) is 0 Å². The van der Waals surface area contributed by atoms with E-state index in [1.807, 2.05) is 11.4 Å². The fourth-order valence-corrected chi connectivity index (χ4v) is 4.03. The number of carboxylic acids is 1. The van der Waals surface area contributed by atoms with E-state index < -0.39 is 54.9 Å². The summed E-state index contributed by atoms with van der Waals surface area (Å²) in [4.78, 5) is 15.6. The molecule has 2 heterocycles. The van der Waals surface area contributed by atoms with Gasteiger partial charge in [-0.15, -0.1) is 11.3 Å². The van der Waals surface area contributed by atoms with Gasteiger partial charge in [0.2, 0.25) is 5.89 Å². The Bertz CT molecular complexity index is 1520. The summed E-state index contributed by atoms with van der Waals surface area (Å²) in [5.41, 5.74) is 0.468. The lowest BCUT2D eigenvalue weighted by Gasteiger charge is -2.13. The lowest BCUT2D eigenvalue weighted by atomic mass is 10.1. The molecule has 4 aromatic rings. The topological polar surface area (TPSA) is 81.8 Å². The molecule has 4 rings (SSSR count). The van der Waals surface area contributed by atoms with Crippen molar-refractivity contribution in [2.24, 2.45) is 0 Å². The Morgan fingerprint density at radius 1 is 1.32 bits per heavy atom. The molecule has 0 aliphatic carbocycles. The molecule has 2 aromatic heterocycles. The molecule has 2 aromatic carbocycles. The molecule has 7 heteroatoms. The van der Waals surface area contributed by atoms with Gasteiger partial charge in [-0.1, -0.05) is 24.2 Å². The number of carbonyl (C=O) groups is 1. The lowest BCUT2D eigenvalue weighted by Crippen LogP contribution is -2.24. The minimum Gasteiger partial charge on any atom is -0.493 e. The predicted octanol–water partition coefficient (Wildman–Crippen LogP) is 5.13. The van der Waals surface area contributed by atoms with E-state index in [1.165, 1.54) is 18.4 Å². The first-order chi connectivity index (χ1) is 18.3. The van der Waals surface area contributed by atoms with Crippen LogP contribution < -0.4 is 4.74 Å². The number of oxazole rings is 1. The van der Waals surface area contributed by atoms with Crippen LogP contribution in [0.5, 0.6) is 5.75 Å². The van der Waals surface area contributed by atoms with Crippen molar-refractivity contribution in [3.8, 4) is 17.2 Å². The van der Waals surface area contributed by atoms with Gasteiger partial charge in [-0.2, -0.15) is 0 Å². The zero-order chi connectivity index (χ0) is 28.6. The zero-order valence-electron chi connectivity index (χ0n) is 24.4. The summed E-state index contributed by atoms with van der Waals surface area (Å²) in [6, 6.07) is 2.41. The van der Waals surface area contributed by atoms with Crippen LogP contribution >= 0.6 is 11.3 Å². The average Bonchev–Trinajstić information content (AvgIpc) is 3.54. The normalized spacial score (nSPS) is 16.3. The Labute approximate surface area is 195 Å². The highest BCUT2D eigenvalue weighted by Gasteiger charge is 2.19. The number of hydrogen-bond acceptors (Lipinski definition) is 6. The SMILES string of the molecule is [2H]c1c([2H])c([2H])c(-c2nc(CCOc3ccc(C[C@H](OC)C(=O)O)c4sccc34)c(C([2H])([2H])[2H])o2)c([2H])c1[2H]. The van der Waals surface area contributed by atoms with E-state index >= 15 is 0 Å². The molecular formula is C24H23NO5S. The van der Waals surface area contributed by atoms with Crippen molar-refractivity contribution >= 4 is 27.4 Å². The first kappa shape index (κ1) is 13.3. The van der Waals surface area contributed by atoms with Crippen LogP contribution in [-0.4, -0.2) is 35.9 Å². The zero-order valence-corrected chi connectivity index (χ0v) is 17.3. The molecule has 0 aliphatic rings. The summed E-state index contributed by atoms with van der Waals surface area (Å²) in [6.07, 6.45) is -0.831. The van der Waals surface area contributed by atoms with Crippen molar-refractivity contribution in [3.05, 3.63) is 70.8 Å². The van der Waals surface area contributed by atoms with Crippen LogP contribution in [0.4, 0.5) is 0 Å². The Hall–Kier alpha value is -3.16. The van der Waals surface area contributed by atoms with E-state index in [2.05, 4.69) is 4.98 Å². The van der Waals surface area contributed by atoms with Crippen LogP contribution in [0, 0.1) is 6.85 Å². The number of methoxy groups -OCH3 is 1. The largest absolute Gasteiger partial charge is 0.493 e. The highest BCUT2D eigenvalue weighted by atomic mass is 32.1. The van der Waals surface area contributed by atoms with E-state index in [-0.39, 0.29) is 36.6 Å². The van der Waals surface area contributed by atoms with Gasteiger partial charge < -0.3 is 19.0 Å². The van der Waals surface area contributed by atoms with Crippen molar-refractivity contribution in [2.75, 3.05) is 13.7 Å². The predicted molar refractivity (Wildman–Crippen MR) is 120 cm³/mol. The molecule has 0 spiro atoms. The van der Waals surface area contributed by atoms with Crippen LogP contribution in [0.1, 0.15) is 28.0 Å². The van der Waals surface area contributed by atoms with Crippen molar-refractivity contribution in [2.45, 2.75) is 25.8 Å². The molecule has 0 saturated carbocycles. The van der Waals surface area contributed by atoms with E-state index in [0.29, 0.717) is 5.75 Å². The van der Waals surface area contributed by atoms with Crippen LogP contribution in [0.25, 0.3) is 21.5 Å². The fourth-order valence-electron chi connectivity index (χ4n) is 3.09. The van der Waals surface area contributed by atoms with Gasteiger partial charge in [0.1, 0.15) is 11.5 Å². The minimum atomic E-state index is -2.71. The smallest absolute Gasteiger partial charge is 0.333 e. The van der Waals surface area contributed by atoms with Crippen LogP contribution in [0.15, 0.2) is 58.2 Å². The number of benzene rings is 2. The summed E-state index contributed by atoms with van der Waals surface area (Å²) in [6.45, 7) is -2.71. The van der Waals surface area contributed by atoms with Gasteiger partial charge in [0.15, 0.2) is 6.10 Å². The lowest BCUT2D eigenvalue weighted by molar-refractivity contribution is -0.148. The van der Waals surface area contributed by atoms with Crippen LogP contribution in [-0.2, 0) is 22.4 Å². The van der Waals surface area contributed by atoms with E-state index in [9.17, 15) is 9.90 Å². The van der Waals surface area contributed by atoms with Gasteiger partial charge in [0.05, 0.1) is 19.2 Å². The molecule has 31 heavy (non-hydrogen) atoms. The molecule has 6 nitrogen and oxygen atoms in total. The number of carboxylic acid groups (broad SMARTS) is 1. The monoisotopic (exact) mass is 445 g/mol. The highest BCUT2D eigenvalue weighted by Crippen LogP contribution is 2.34. The molecule has 0 amide bonds. The maximum Gasteiger partial charge on any atom is 0.333 e. The van der Waals surface area contributed by atoms with Crippen LogP contribution in [0.2, 0.25) is 0 Å². The molecule has 1 atom stereocenters. The van der Waals surface area contributed by atoms with E-state index in [0.717, 1.165) is 15.6 Å². The van der Waals surface area contributed by atoms with Gasteiger partial charge in [-0.05, 0) is 42.0 Å². The number of thiophene rings is 1. The minimum absolute atomic E-state index is 0.00429. The Morgan fingerprint density at radius 2 is 2.16 bits per heavy atom. The molecule has 0 saturated heterocycles. The maximum absolute atomic E-state index is 11.4. The summed E-state index contributed by atoms with van der Waals surface area (Å²) < 4.78 is 80.6. The number of aliphatic carboxylic acids is 1. The molecule has 0 unspecified atom stereocenters. The van der Waals surface area contributed by atoms with Gasteiger partial charge >= 0.3 is 5.97 Å². The Morgan fingerprint density at radius 3 is 2.90 bits per heavy atom. The van der Waals surface area contributed by atoms with Gasteiger partial charge in [-0.3, -0.25) is 0 Å². The number of ether oxygens (including phenoxy) is 2. The number of aryl methyl sites for hydroxylation is 1. The first-order valence-corrected chi connectivity index (χ1v) is 10.2. The maximum atomic E-state index is 11.4. The second kappa shape index (κ2) is 9.32. The second-order valence-corrected chi connectivity index (χ2v) is 7.46.